The first-order valence-corrected chi connectivity index (χ1v) is 7.71. The van der Waals surface area contributed by atoms with Crippen molar-refractivity contribution in [3.05, 3.63) is 34.9 Å². The molecule has 3 nitrogen and oxygen atoms in total. The Labute approximate surface area is 126 Å². The van der Waals surface area contributed by atoms with Crippen molar-refractivity contribution in [2.45, 2.75) is 32.1 Å². The molecule has 110 valence electrons. The molecule has 0 heterocycles. The molecule has 0 aliphatic heterocycles. The first-order chi connectivity index (χ1) is 9.66. The first-order valence-electron chi connectivity index (χ1n) is 7.34. The van der Waals surface area contributed by atoms with Gasteiger partial charge in [-0.15, -0.1) is 0 Å². The van der Waals surface area contributed by atoms with E-state index in [4.69, 9.17) is 11.6 Å². The molecule has 2 rings (SSSR count). The van der Waals surface area contributed by atoms with Gasteiger partial charge in [-0.2, -0.15) is 0 Å². The van der Waals surface area contributed by atoms with Crippen molar-refractivity contribution in [3.63, 3.8) is 0 Å². The van der Waals surface area contributed by atoms with Gasteiger partial charge >= 0.3 is 0 Å². The maximum atomic E-state index is 12.6. The highest BCUT2D eigenvalue weighted by atomic mass is 35.5. The molecule has 20 heavy (non-hydrogen) atoms. The third-order valence-corrected chi connectivity index (χ3v) is 4.37. The van der Waals surface area contributed by atoms with Crippen molar-refractivity contribution in [3.8, 4) is 0 Å². The van der Waals surface area contributed by atoms with Crippen LogP contribution in [0.25, 0.3) is 0 Å². The van der Waals surface area contributed by atoms with Crippen molar-refractivity contribution < 1.29 is 4.79 Å². The van der Waals surface area contributed by atoms with E-state index in [0.717, 1.165) is 49.2 Å². The van der Waals surface area contributed by atoms with Crippen LogP contribution in [0, 0.1) is 5.41 Å². The van der Waals surface area contributed by atoms with Gasteiger partial charge in [0, 0.05) is 18.1 Å². The molecule has 1 amide bonds. The molecular formula is C16H23ClN2O. The van der Waals surface area contributed by atoms with Crippen molar-refractivity contribution in [1.29, 1.82) is 0 Å². The van der Waals surface area contributed by atoms with Gasteiger partial charge in [-0.05, 0) is 44.0 Å². The normalized spacial score (nSPS) is 17.1. The summed E-state index contributed by atoms with van der Waals surface area (Å²) in [6.07, 6.45) is 5.02. The van der Waals surface area contributed by atoms with Gasteiger partial charge in [0.25, 0.3) is 0 Å². The lowest BCUT2D eigenvalue weighted by Gasteiger charge is -2.28. The van der Waals surface area contributed by atoms with Crippen LogP contribution in [-0.2, 0) is 11.2 Å². The third kappa shape index (κ3) is 3.74. The Morgan fingerprint density at radius 1 is 1.30 bits per heavy atom. The fraction of sp³-hybridized carbons (Fsp3) is 0.562. The zero-order valence-electron chi connectivity index (χ0n) is 12.0. The molecule has 0 bridgehead atoms. The number of hydrogen-bond acceptors (Lipinski definition) is 2. The maximum Gasteiger partial charge on any atom is 0.226 e. The van der Waals surface area contributed by atoms with E-state index < -0.39 is 0 Å². The highest BCUT2D eigenvalue weighted by Crippen LogP contribution is 2.41. The number of amides is 1. The second-order valence-corrected chi connectivity index (χ2v) is 6.09. The molecule has 0 aromatic heterocycles. The summed E-state index contributed by atoms with van der Waals surface area (Å²) in [6.45, 7) is 1.49. The topological polar surface area (TPSA) is 41.1 Å². The largest absolute Gasteiger partial charge is 0.354 e. The van der Waals surface area contributed by atoms with Crippen LogP contribution in [0.5, 0.6) is 0 Å². The number of carbonyl (C=O) groups excluding carboxylic acids is 1. The average molecular weight is 295 g/mol. The molecule has 0 unspecified atom stereocenters. The minimum Gasteiger partial charge on any atom is -0.354 e. The Bertz CT molecular complexity index is 456. The lowest BCUT2D eigenvalue weighted by molar-refractivity contribution is -0.130. The summed E-state index contributed by atoms with van der Waals surface area (Å²) in [5.74, 6) is 0.199. The minimum absolute atomic E-state index is 0.199. The summed E-state index contributed by atoms with van der Waals surface area (Å²) in [7, 11) is 1.89. The van der Waals surface area contributed by atoms with Crippen LogP contribution in [0.1, 0.15) is 31.2 Å². The lowest BCUT2D eigenvalue weighted by Crippen LogP contribution is -2.42. The Kier molecular flexibility index (Phi) is 5.44. The van der Waals surface area contributed by atoms with E-state index >= 15 is 0 Å². The fourth-order valence-corrected chi connectivity index (χ4v) is 3.27. The summed E-state index contributed by atoms with van der Waals surface area (Å²) in [4.78, 5) is 12.6. The van der Waals surface area contributed by atoms with Gasteiger partial charge in [-0.25, -0.2) is 0 Å². The van der Waals surface area contributed by atoms with Gasteiger partial charge in [0.1, 0.15) is 0 Å². The van der Waals surface area contributed by atoms with E-state index in [-0.39, 0.29) is 11.3 Å². The van der Waals surface area contributed by atoms with Gasteiger partial charge < -0.3 is 10.6 Å². The molecule has 4 heteroatoms. The molecule has 0 atom stereocenters. The predicted molar refractivity (Wildman–Crippen MR) is 83.0 cm³/mol. The number of halogens is 1. The zero-order chi connectivity index (χ0) is 14.4. The maximum absolute atomic E-state index is 12.6. The Morgan fingerprint density at radius 2 is 2.05 bits per heavy atom. The highest BCUT2D eigenvalue weighted by Gasteiger charge is 2.40. The van der Waals surface area contributed by atoms with Gasteiger partial charge in [0.15, 0.2) is 0 Å². The zero-order valence-corrected chi connectivity index (χ0v) is 12.8. The minimum atomic E-state index is -0.238. The summed E-state index contributed by atoms with van der Waals surface area (Å²) < 4.78 is 0. The van der Waals surface area contributed by atoms with Crippen molar-refractivity contribution >= 4 is 17.5 Å². The number of benzene rings is 1. The SMILES string of the molecule is CNCCNC(=O)C1(Cc2cccc(Cl)c2)CCCC1. The Balaban J connectivity index is 2.07. The predicted octanol–water partition coefficient (Wildman–Crippen LogP) is 2.78. The molecule has 1 aromatic carbocycles. The molecule has 0 saturated heterocycles. The molecule has 0 radical (unpaired) electrons. The Hall–Kier alpha value is -1.06. The van der Waals surface area contributed by atoms with E-state index in [1.54, 1.807) is 0 Å². The van der Waals surface area contributed by atoms with Crippen LogP contribution in [-0.4, -0.2) is 26.0 Å². The molecule has 0 spiro atoms. The number of likely N-dealkylation sites (N-methyl/N-ethyl adjacent to an activating group) is 1. The van der Waals surface area contributed by atoms with E-state index in [1.165, 1.54) is 0 Å². The summed E-state index contributed by atoms with van der Waals surface area (Å²) in [5.41, 5.74) is 0.918. The smallest absolute Gasteiger partial charge is 0.226 e. The van der Waals surface area contributed by atoms with E-state index in [0.29, 0.717) is 6.54 Å². The van der Waals surface area contributed by atoms with Crippen LogP contribution in [0.3, 0.4) is 0 Å². The van der Waals surface area contributed by atoms with Crippen molar-refractivity contribution in [1.82, 2.24) is 10.6 Å². The third-order valence-electron chi connectivity index (χ3n) is 4.13. The molecule has 1 aromatic rings. The monoisotopic (exact) mass is 294 g/mol. The van der Waals surface area contributed by atoms with Crippen molar-refractivity contribution in [2.24, 2.45) is 5.41 Å². The first kappa shape index (κ1) is 15.3. The number of carbonyl (C=O) groups is 1. The van der Waals surface area contributed by atoms with Crippen LogP contribution in [0.15, 0.2) is 24.3 Å². The lowest BCUT2D eigenvalue weighted by atomic mass is 9.79. The van der Waals surface area contributed by atoms with Gasteiger partial charge in [-0.1, -0.05) is 36.6 Å². The van der Waals surface area contributed by atoms with E-state index in [9.17, 15) is 4.79 Å². The molecule has 1 saturated carbocycles. The molecule has 1 aliphatic rings. The Morgan fingerprint density at radius 3 is 2.70 bits per heavy atom. The van der Waals surface area contributed by atoms with E-state index in [2.05, 4.69) is 16.7 Å². The van der Waals surface area contributed by atoms with Crippen molar-refractivity contribution in [2.75, 3.05) is 20.1 Å². The fourth-order valence-electron chi connectivity index (χ4n) is 3.06. The molecular weight excluding hydrogens is 272 g/mol. The molecule has 1 aliphatic carbocycles. The highest BCUT2D eigenvalue weighted by molar-refractivity contribution is 6.30. The second kappa shape index (κ2) is 7.09. The van der Waals surface area contributed by atoms with Crippen LogP contribution >= 0.6 is 11.6 Å². The number of rotatable bonds is 6. The van der Waals surface area contributed by atoms with Gasteiger partial charge in [0.05, 0.1) is 5.41 Å². The van der Waals surface area contributed by atoms with Crippen LogP contribution < -0.4 is 10.6 Å². The van der Waals surface area contributed by atoms with Gasteiger partial charge in [0.2, 0.25) is 5.91 Å². The second-order valence-electron chi connectivity index (χ2n) is 5.65. The summed E-state index contributed by atoms with van der Waals surface area (Å²) in [5, 5.41) is 6.86. The van der Waals surface area contributed by atoms with Crippen LogP contribution in [0.4, 0.5) is 0 Å². The van der Waals surface area contributed by atoms with Gasteiger partial charge in [-0.3, -0.25) is 4.79 Å². The van der Waals surface area contributed by atoms with Crippen LogP contribution in [0.2, 0.25) is 5.02 Å². The number of nitrogens with one attached hydrogen (secondary N) is 2. The van der Waals surface area contributed by atoms with E-state index in [1.807, 2.05) is 25.2 Å². The molecule has 1 fully saturated rings. The summed E-state index contributed by atoms with van der Waals surface area (Å²) in [6, 6.07) is 7.87. The molecule has 2 N–H and O–H groups in total. The summed E-state index contributed by atoms with van der Waals surface area (Å²) >= 11 is 6.05. The quantitative estimate of drug-likeness (QED) is 0.792. The standard InChI is InChI=1S/C16H23ClN2O/c1-18-9-10-19-15(20)16(7-2-3-8-16)12-13-5-4-6-14(17)11-13/h4-6,11,18H,2-3,7-10,12H2,1H3,(H,19,20). The number of hydrogen-bond donors (Lipinski definition) is 2. The average Bonchev–Trinajstić information content (AvgIpc) is 2.89.